The SMILES string of the molecule is C=C1CCCc2c1nc(-c1ccccc1)n2O. The van der Waals surface area contributed by atoms with Crippen molar-refractivity contribution in [1.29, 1.82) is 0 Å². The molecule has 0 fully saturated rings. The molecular weight excluding hydrogens is 212 g/mol. The molecule has 0 atom stereocenters. The fourth-order valence-electron chi connectivity index (χ4n) is 2.32. The van der Waals surface area contributed by atoms with E-state index >= 15 is 0 Å². The summed E-state index contributed by atoms with van der Waals surface area (Å²) in [4.78, 5) is 4.51. The van der Waals surface area contributed by atoms with Crippen molar-refractivity contribution in [3.05, 3.63) is 48.3 Å². The minimum absolute atomic E-state index is 0.610. The Balaban J connectivity index is 2.17. The van der Waals surface area contributed by atoms with Gasteiger partial charge in [-0.25, -0.2) is 4.98 Å². The van der Waals surface area contributed by atoms with Gasteiger partial charge in [0.25, 0.3) is 0 Å². The maximum Gasteiger partial charge on any atom is 0.176 e. The highest BCUT2D eigenvalue weighted by Gasteiger charge is 2.22. The van der Waals surface area contributed by atoms with Crippen molar-refractivity contribution in [3.63, 3.8) is 0 Å². The quantitative estimate of drug-likeness (QED) is 0.758. The molecule has 3 rings (SSSR count). The Labute approximate surface area is 100 Å². The van der Waals surface area contributed by atoms with Crippen molar-refractivity contribution >= 4 is 5.57 Å². The lowest BCUT2D eigenvalue weighted by molar-refractivity contribution is 0.180. The van der Waals surface area contributed by atoms with Gasteiger partial charge in [-0.15, -0.1) is 0 Å². The highest BCUT2D eigenvalue weighted by Crippen LogP contribution is 2.31. The first-order chi connectivity index (χ1) is 8.27. The van der Waals surface area contributed by atoms with Crippen LogP contribution in [0.4, 0.5) is 0 Å². The number of imidazole rings is 1. The molecule has 0 saturated carbocycles. The van der Waals surface area contributed by atoms with E-state index < -0.39 is 0 Å². The molecule has 0 spiro atoms. The normalized spacial score (nSPS) is 14.7. The van der Waals surface area contributed by atoms with Gasteiger partial charge < -0.3 is 5.21 Å². The highest BCUT2D eigenvalue weighted by atomic mass is 16.5. The van der Waals surface area contributed by atoms with Gasteiger partial charge in [-0.05, 0) is 24.8 Å². The van der Waals surface area contributed by atoms with Crippen LogP contribution in [0.15, 0.2) is 36.9 Å². The molecule has 0 aliphatic heterocycles. The molecular formula is C14H14N2O. The summed E-state index contributed by atoms with van der Waals surface area (Å²) in [6.45, 7) is 4.02. The minimum Gasteiger partial charge on any atom is -0.427 e. The predicted octanol–water partition coefficient (Wildman–Crippen LogP) is 3.14. The lowest BCUT2D eigenvalue weighted by Gasteiger charge is -2.12. The lowest BCUT2D eigenvalue weighted by Crippen LogP contribution is -2.05. The summed E-state index contributed by atoms with van der Waals surface area (Å²) < 4.78 is 1.22. The van der Waals surface area contributed by atoms with E-state index in [2.05, 4.69) is 11.6 Å². The number of rotatable bonds is 1. The Kier molecular flexibility index (Phi) is 2.25. The third-order valence-corrected chi connectivity index (χ3v) is 3.21. The molecule has 0 radical (unpaired) electrons. The summed E-state index contributed by atoms with van der Waals surface area (Å²) in [5, 5.41) is 10.2. The minimum atomic E-state index is 0.610. The first-order valence-corrected chi connectivity index (χ1v) is 5.82. The number of benzene rings is 1. The number of aromatic nitrogens is 2. The van der Waals surface area contributed by atoms with Crippen LogP contribution in [-0.4, -0.2) is 14.9 Å². The standard InChI is InChI=1S/C14H14N2O/c1-10-6-5-9-12-13(10)15-14(16(12)17)11-7-3-2-4-8-11/h2-4,7-8,17H,1,5-6,9H2. The van der Waals surface area contributed by atoms with E-state index in [0.717, 1.165) is 41.8 Å². The van der Waals surface area contributed by atoms with E-state index in [9.17, 15) is 5.21 Å². The molecule has 0 amide bonds. The summed E-state index contributed by atoms with van der Waals surface area (Å²) in [5.74, 6) is 0.610. The third kappa shape index (κ3) is 1.55. The molecule has 1 N–H and O–H groups in total. The van der Waals surface area contributed by atoms with E-state index in [1.807, 2.05) is 30.3 Å². The molecule has 0 unspecified atom stereocenters. The fraction of sp³-hybridized carbons (Fsp3) is 0.214. The summed E-state index contributed by atoms with van der Waals surface area (Å²) in [7, 11) is 0. The van der Waals surface area contributed by atoms with Gasteiger partial charge in [-0.1, -0.05) is 36.9 Å². The molecule has 86 valence electrons. The van der Waals surface area contributed by atoms with Gasteiger partial charge in [-0.3, -0.25) is 0 Å². The van der Waals surface area contributed by atoms with Gasteiger partial charge in [0.05, 0.1) is 11.4 Å². The van der Waals surface area contributed by atoms with E-state index in [-0.39, 0.29) is 0 Å². The van der Waals surface area contributed by atoms with Crippen LogP contribution in [0.25, 0.3) is 17.0 Å². The van der Waals surface area contributed by atoms with Crippen molar-refractivity contribution in [1.82, 2.24) is 9.71 Å². The third-order valence-electron chi connectivity index (χ3n) is 3.21. The first kappa shape index (κ1) is 10.1. The molecule has 17 heavy (non-hydrogen) atoms. The van der Waals surface area contributed by atoms with E-state index in [4.69, 9.17) is 0 Å². The summed E-state index contributed by atoms with van der Waals surface area (Å²) in [6, 6.07) is 9.73. The highest BCUT2D eigenvalue weighted by molar-refractivity contribution is 5.68. The molecule has 1 heterocycles. The van der Waals surface area contributed by atoms with Crippen molar-refractivity contribution < 1.29 is 5.21 Å². The monoisotopic (exact) mass is 226 g/mol. The average Bonchev–Trinajstić information content (AvgIpc) is 2.70. The van der Waals surface area contributed by atoms with Gasteiger partial charge >= 0.3 is 0 Å². The Bertz CT molecular complexity index is 569. The topological polar surface area (TPSA) is 38.0 Å². The van der Waals surface area contributed by atoms with Crippen molar-refractivity contribution in [3.8, 4) is 11.4 Å². The summed E-state index contributed by atoms with van der Waals surface area (Å²) in [5.41, 5.74) is 3.71. The molecule has 1 aliphatic rings. The Hall–Kier alpha value is -2.03. The smallest absolute Gasteiger partial charge is 0.176 e. The van der Waals surface area contributed by atoms with Gasteiger partial charge in [0, 0.05) is 5.56 Å². The zero-order chi connectivity index (χ0) is 11.8. The number of hydrogen-bond donors (Lipinski definition) is 1. The first-order valence-electron chi connectivity index (χ1n) is 5.82. The van der Waals surface area contributed by atoms with Crippen LogP contribution in [0, 0.1) is 0 Å². The zero-order valence-corrected chi connectivity index (χ0v) is 9.56. The van der Waals surface area contributed by atoms with Crippen LogP contribution in [0.5, 0.6) is 0 Å². The number of nitrogens with zero attached hydrogens (tertiary/aromatic N) is 2. The second-order valence-corrected chi connectivity index (χ2v) is 4.37. The maximum atomic E-state index is 10.2. The van der Waals surface area contributed by atoms with Crippen molar-refractivity contribution in [2.45, 2.75) is 19.3 Å². The largest absolute Gasteiger partial charge is 0.427 e. The molecule has 0 saturated heterocycles. The fourth-order valence-corrected chi connectivity index (χ4v) is 2.32. The number of fused-ring (bicyclic) bond motifs is 1. The Morgan fingerprint density at radius 3 is 2.65 bits per heavy atom. The maximum absolute atomic E-state index is 10.2. The van der Waals surface area contributed by atoms with Gasteiger partial charge in [0.2, 0.25) is 0 Å². The van der Waals surface area contributed by atoms with Crippen molar-refractivity contribution in [2.24, 2.45) is 0 Å². The van der Waals surface area contributed by atoms with Gasteiger partial charge in [0.15, 0.2) is 5.82 Å². The van der Waals surface area contributed by atoms with Crippen LogP contribution < -0.4 is 0 Å². The second kappa shape index (κ2) is 3.77. The molecule has 1 aromatic heterocycles. The Morgan fingerprint density at radius 2 is 1.94 bits per heavy atom. The lowest BCUT2D eigenvalue weighted by atomic mass is 9.97. The molecule has 2 aromatic rings. The predicted molar refractivity (Wildman–Crippen MR) is 66.8 cm³/mol. The molecule has 0 bridgehead atoms. The second-order valence-electron chi connectivity index (χ2n) is 4.37. The summed E-state index contributed by atoms with van der Waals surface area (Å²) in [6.07, 6.45) is 2.87. The van der Waals surface area contributed by atoms with Crippen LogP contribution >= 0.6 is 0 Å². The molecule has 1 aromatic carbocycles. The van der Waals surface area contributed by atoms with Crippen LogP contribution in [0.1, 0.15) is 24.2 Å². The summed E-state index contributed by atoms with van der Waals surface area (Å²) >= 11 is 0. The van der Waals surface area contributed by atoms with Gasteiger partial charge in [-0.2, -0.15) is 4.73 Å². The average molecular weight is 226 g/mol. The van der Waals surface area contributed by atoms with E-state index in [0.29, 0.717) is 5.82 Å². The molecule has 1 aliphatic carbocycles. The molecule has 3 nitrogen and oxygen atoms in total. The van der Waals surface area contributed by atoms with Crippen LogP contribution in [0.3, 0.4) is 0 Å². The van der Waals surface area contributed by atoms with Gasteiger partial charge in [0.1, 0.15) is 0 Å². The van der Waals surface area contributed by atoms with E-state index in [1.54, 1.807) is 0 Å². The molecule has 3 heteroatoms. The van der Waals surface area contributed by atoms with Crippen LogP contribution in [-0.2, 0) is 6.42 Å². The van der Waals surface area contributed by atoms with Crippen molar-refractivity contribution in [2.75, 3.05) is 0 Å². The number of allylic oxidation sites excluding steroid dienone is 1. The number of hydrogen-bond acceptors (Lipinski definition) is 2. The van der Waals surface area contributed by atoms with E-state index in [1.165, 1.54) is 4.73 Å². The van der Waals surface area contributed by atoms with Crippen LogP contribution in [0.2, 0.25) is 0 Å². The Morgan fingerprint density at radius 1 is 1.18 bits per heavy atom. The zero-order valence-electron chi connectivity index (χ0n) is 9.56.